The lowest BCUT2D eigenvalue weighted by Crippen LogP contribution is -2.40. The first kappa shape index (κ1) is 15.3. The molecule has 0 spiro atoms. The average molecular weight is 266 g/mol. The van der Waals surface area contributed by atoms with Crippen LogP contribution in [0.5, 0.6) is 0 Å². The molecule has 1 aromatic rings. The van der Waals surface area contributed by atoms with E-state index in [4.69, 9.17) is 10.2 Å². The smallest absolute Gasteiger partial charge is 0.0625 e. The van der Waals surface area contributed by atoms with E-state index in [1.165, 1.54) is 0 Å². The van der Waals surface area contributed by atoms with Crippen molar-refractivity contribution < 1.29 is 4.43 Å². The molecule has 1 heterocycles. The van der Waals surface area contributed by atoms with Crippen LogP contribution in [0.15, 0.2) is 18.2 Å². The van der Waals surface area contributed by atoms with Gasteiger partial charge in [-0.3, -0.25) is 4.98 Å². The molecule has 0 saturated carbocycles. The molecule has 0 radical (unpaired) electrons. The van der Waals surface area contributed by atoms with Crippen molar-refractivity contribution in [2.24, 2.45) is 5.73 Å². The van der Waals surface area contributed by atoms with Crippen molar-refractivity contribution in [2.45, 2.75) is 58.5 Å². The molecular formula is C14H26N2OSi-. The summed E-state index contributed by atoms with van der Waals surface area (Å²) in [5.41, 5.74) is 7.73. The van der Waals surface area contributed by atoms with E-state index in [2.05, 4.69) is 38.8 Å². The number of hydrogen-bond acceptors (Lipinski definition) is 3. The molecule has 18 heavy (non-hydrogen) atoms. The SMILES string of the molecule is C[C@H](N)c1cccc(CO[Si-](C)(C)C(C)(C)C)n1. The predicted molar refractivity (Wildman–Crippen MR) is 78.8 cm³/mol. The van der Waals surface area contributed by atoms with Gasteiger partial charge in [-0.25, -0.2) is 0 Å². The van der Waals surface area contributed by atoms with Crippen LogP contribution in [-0.2, 0) is 11.0 Å². The summed E-state index contributed by atoms with van der Waals surface area (Å²) in [4.78, 5) is 4.53. The van der Waals surface area contributed by atoms with Crippen molar-refractivity contribution in [3.05, 3.63) is 29.6 Å². The molecular weight excluding hydrogens is 240 g/mol. The molecule has 0 bridgehead atoms. The van der Waals surface area contributed by atoms with E-state index in [1.807, 2.05) is 25.1 Å². The minimum absolute atomic E-state index is 0.0298. The maximum Gasteiger partial charge on any atom is 0.0625 e. The lowest BCUT2D eigenvalue weighted by Gasteiger charge is -2.48. The van der Waals surface area contributed by atoms with Crippen molar-refractivity contribution in [2.75, 3.05) is 0 Å². The first-order valence-corrected chi connectivity index (χ1v) is 9.40. The summed E-state index contributed by atoms with van der Waals surface area (Å²) >= 11 is 0. The minimum Gasteiger partial charge on any atom is -0.560 e. The van der Waals surface area contributed by atoms with Crippen LogP contribution < -0.4 is 5.73 Å². The summed E-state index contributed by atoms with van der Waals surface area (Å²) in [7, 11) is -1.70. The van der Waals surface area contributed by atoms with Gasteiger partial charge in [0.05, 0.1) is 11.4 Å². The Balaban J connectivity index is 2.72. The second-order valence-electron chi connectivity index (χ2n) is 6.39. The van der Waals surface area contributed by atoms with Crippen LogP contribution >= 0.6 is 0 Å². The summed E-state index contributed by atoms with van der Waals surface area (Å²) in [6, 6.07) is 5.92. The topological polar surface area (TPSA) is 48.1 Å². The Morgan fingerprint density at radius 3 is 2.44 bits per heavy atom. The van der Waals surface area contributed by atoms with Crippen LogP contribution in [0.1, 0.15) is 45.1 Å². The fourth-order valence-electron chi connectivity index (χ4n) is 1.30. The molecule has 1 aromatic heterocycles. The number of hydrogen-bond donors (Lipinski definition) is 1. The maximum atomic E-state index is 6.15. The summed E-state index contributed by atoms with van der Waals surface area (Å²) in [5, 5.41) is 0.228. The lowest BCUT2D eigenvalue weighted by molar-refractivity contribution is 0.271. The van der Waals surface area contributed by atoms with Crippen LogP contribution in [0.4, 0.5) is 0 Å². The number of nitrogens with two attached hydrogens (primary N) is 1. The van der Waals surface area contributed by atoms with E-state index in [0.717, 1.165) is 11.4 Å². The second kappa shape index (κ2) is 5.51. The Morgan fingerprint density at radius 1 is 1.33 bits per heavy atom. The van der Waals surface area contributed by atoms with Gasteiger partial charge < -0.3 is 10.2 Å². The largest absolute Gasteiger partial charge is 0.560 e. The molecule has 0 aliphatic rings. The van der Waals surface area contributed by atoms with Crippen molar-refractivity contribution >= 4 is 8.32 Å². The Bertz CT molecular complexity index is 397. The van der Waals surface area contributed by atoms with Gasteiger partial charge in [0.1, 0.15) is 0 Å². The van der Waals surface area contributed by atoms with Crippen molar-refractivity contribution in [3.63, 3.8) is 0 Å². The molecule has 103 valence electrons. The average Bonchev–Trinajstić information content (AvgIpc) is 2.25. The van der Waals surface area contributed by atoms with E-state index in [0.29, 0.717) is 6.61 Å². The zero-order valence-electron chi connectivity index (χ0n) is 12.4. The van der Waals surface area contributed by atoms with Gasteiger partial charge in [-0.1, -0.05) is 26.8 Å². The zero-order valence-corrected chi connectivity index (χ0v) is 13.4. The zero-order chi connectivity index (χ0) is 14.0. The van der Waals surface area contributed by atoms with Crippen molar-refractivity contribution in [1.82, 2.24) is 4.98 Å². The molecule has 4 heteroatoms. The molecule has 1 atom stereocenters. The number of rotatable bonds is 4. The molecule has 0 fully saturated rings. The van der Waals surface area contributed by atoms with E-state index < -0.39 is 8.32 Å². The van der Waals surface area contributed by atoms with Gasteiger partial charge in [0, 0.05) is 12.6 Å². The molecule has 0 aliphatic carbocycles. The van der Waals surface area contributed by atoms with Gasteiger partial charge in [-0.05, 0) is 27.4 Å². The molecule has 0 aliphatic heterocycles. The van der Waals surface area contributed by atoms with Gasteiger partial charge in [0.15, 0.2) is 0 Å². The normalized spacial score (nSPS) is 14.6. The summed E-state index contributed by atoms with van der Waals surface area (Å²) in [6.07, 6.45) is 0. The highest BCUT2D eigenvalue weighted by Crippen LogP contribution is 2.36. The van der Waals surface area contributed by atoms with Gasteiger partial charge in [-0.2, -0.15) is 0 Å². The quantitative estimate of drug-likeness (QED) is 0.847. The maximum absolute atomic E-state index is 6.15. The second-order valence-corrected chi connectivity index (χ2v) is 11.2. The van der Waals surface area contributed by atoms with Crippen LogP contribution in [-0.4, -0.2) is 13.3 Å². The van der Waals surface area contributed by atoms with Gasteiger partial charge in [0.2, 0.25) is 0 Å². The van der Waals surface area contributed by atoms with Crippen molar-refractivity contribution in [3.8, 4) is 0 Å². The number of aromatic nitrogens is 1. The molecule has 0 aromatic carbocycles. The Morgan fingerprint density at radius 2 is 1.94 bits per heavy atom. The predicted octanol–water partition coefficient (Wildman–Crippen LogP) is 3.62. The molecule has 0 amide bonds. The Labute approximate surface area is 112 Å². The van der Waals surface area contributed by atoms with Crippen LogP contribution in [0, 0.1) is 0 Å². The highest BCUT2D eigenvalue weighted by atomic mass is 28.4. The molecule has 1 rings (SSSR count). The van der Waals surface area contributed by atoms with Gasteiger partial charge in [0.25, 0.3) is 0 Å². The molecule has 0 saturated heterocycles. The number of nitrogens with zero attached hydrogens (tertiary/aromatic N) is 1. The third kappa shape index (κ3) is 3.90. The summed E-state index contributed by atoms with van der Waals surface area (Å²) in [5.74, 6) is 0. The third-order valence-electron chi connectivity index (χ3n) is 3.68. The van der Waals surface area contributed by atoms with E-state index in [1.54, 1.807) is 0 Å². The Kier molecular flexibility index (Phi) is 4.70. The Hall–Kier alpha value is -0.713. The summed E-state index contributed by atoms with van der Waals surface area (Å²) < 4.78 is 6.15. The minimum atomic E-state index is -1.70. The van der Waals surface area contributed by atoms with E-state index in [9.17, 15) is 0 Å². The molecule has 3 nitrogen and oxygen atoms in total. The fraction of sp³-hybridized carbons (Fsp3) is 0.643. The van der Waals surface area contributed by atoms with E-state index in [-0.39, 0.29) is 11.1 Å². The third-order valence-corrected chi connectivity index (χ3v) is 8.16. The lowest BCUT2D eigenvalue weighted by atomic mass is 10.2. The van der Waals surface area contributed by atoms with Crippen LogP contribution in [0.3, 0.4) is 0 Å². The fourth-order valence-corrected chi connectivity index (χ4v) is 2.24. The highest BCUT2D eigenvalue weighted by Gasteiger charge is 2.24. The van der Waals surface area contributed by atoms with E-state index >= 15 is 0 Å². The van der Waals surface area contributed by atoms with Crippen LogP contribution in [0.25, 0.3) is 0 Å². The van der Waals surface area contributed by atoms with Crippen LogP contribution in [0.2, 0.25) is 18.1 Å². The monoisotopic (exact) mass is 266 g/mol. The molecule has 0 unspecified atom stereocenters. The first-order valence-electron chi connectivity index (χ1n) is 6.49. The summed E-state index contributed by atoms with van der Waals surface area (Å²) in [6.45, 7) is 13.8. The first-order chi connectivity index (χ1) is 8.13. The van der Waals surface area contributed by atoms with Gasteiger partial charge >= 0.3 is 0 Å². The highest BCUT2D eigenvalue weighted by molar-refractivity contribution is 6.74. The number of pyridine rings is 1. The molecule has 2 N–H and O–H groups in total. The van der Waals surface area contributed by atoms with Gasteiger partial charge in [-0.15, -0.1) is 18.1 Å². The standard InChI is InChI=1S/C14H26N2OSi/c1-11(15)13-9-7-8-12(16-13)10-17-18(5,6)14(2,3)4/h7-9,11H,10,15H2,1-6H3/q-1/t11-/m0/s1. The van der Waals surface area contributed by atoms with Crippen molar-refractivity contribution in [1.29, 1.82) is 0 Å².